The molecule has 0 amide bonds. The maximum Gasteiger partial charge on any atom is 0.187 e. The molecule has 0 aliphatic heterocycles. The van der Waals surface area contributed by atoms with Crippen molar-refractivity contribution in [2.24, 2.45) is 0 Å². The number of Topliss-reactive ketones (excluding diaryl/α,β-unsaturated/α-hetero) is 1. The Bertz CT molecular complexity index is 673. The molecule has 0 spiro atoms. The average Bonchev–Trinajstić information content (AvgIpc) is 2.68. The van der Waals surface area contributed by atoms with Gasteiger partial charge in [0.1, 0.15) is 6.04 Å². The molecule has 106 valence electrons. The van der Waals surface area contributed by atoms with Gasteiger partial charge in [0.2, 0.25) is 0 Å². The van der Waals surface area contributed by atoms with Gasteiger partial charge in [-0.05, 0) is 51.8 Å². The van der Waals surface area contributed by atoms with Crippen LogP contribution >= 0.6 is 11.6 Å². The number of aromatic nitrogens is 2. The van der Waals surface area contributed by atoms with Crippen LogP contribution in [0.1, 0.15) is 45.8 Å². The Kier molecular flexibility index (Phi) is 4.00. The second-order valence-electron chi connectivity index (χ2n) is 5.27. The van der Waals surface area contributed by atoms with E-state index in [1.807, 2.05) is 52.8 Å². The molecule has 3 nitrogen and oxygen atoms in total. The van der Waals surface area contributed by atoms with Crippen molar-refractivity contribution < 1.29 is 4.79 Å². The molecule has 1 aromatic carbocycles. The van der Waals surface area contributed by atoms with Gasteiger partial charge in [0.25, 0.3) is 0 Å². The van der Waals surface area contributed by atoms with E-state index < -0.39 is 0 Å². The highest BCUT2D eigenvalue weighted by atomic mass is 35.5. The van der Waals surface area contributed by atoms with E-state index in [0.29, 0.717) is 10.6 Å². The van der Waals surface area contributed by atoms with Gasteiger partial charge in [0, 0.05) is 5.56 Å². The van der Waals surface area contributed by atoms with Gasteiger partial charge in [-0.3, -0.25) is 9.48 Å². The van der Waals surface area contributed by atoms with Crippen molar-refractivity contribution in [2.75, 3.05) is 0 Å². The third-order valence-corrected chi connectivity index (χ3v) is 4.32. The molecule has 0 fully saturated rings. The summed E-state index contributed by atoms with van der Waals surface area (Å²) in [5.74, 6) is 0.0513. The summed E-state index contributed by atoms with van der Waals surface area (Å²) in [6.07, 6.45) is 0. The number of carbonyl (C=O) groups is 1. The third-order valence-electron chi connectivity index (χ3n) is 3.77. The molecule has 1 atom stereocenters. The summed E-state index contributed by atoms with van der Waals surface area (Å²) in [5.41, 5.74) is 4.60. The summed E-state index contributed by atoms with van der Waals surface area (Å²) < 4.78 is 1.70. The summed E-state index contributed by atoms with van der Waals surface area (Å²) in [7, 11) is 0. The van der Waals surface area contributed by atoms with E-state index in [4.69, 9.17) is 11.6 Å². The minimum absolute atomic E-state index is 0.0513. The largest absolute Gasteiger partial charge is 0.292 e. The van der Waals surface area contributed by atoms with E-state index in [-0.39, 0.29) is 11.8 Å². The first-order valence-electron chi connectivity index (χ1n) is 6.65. The van der Waals surface area contributed by atoms with E-state index >= 15 is 0 Å². The SMILES string of the molecule is Cc1ccc(C(=O)C(C)n2nc(C)c(Cl)c2C)cc1C. The highest BCUT2D eigenvalue weighted by molar-refractivity contribution is 6.31. The predicted octanol–water partition coefficient (Wildman–Crippen LogP) is 4.21. The normalized spacial score (nSPS) is 12.5. The zero-order valence-corrected chi connectivity index (χ0v) is 13.2. The summed E-state index contributed by atoms with van der Waals surface area (Å²) >= 11 is 6.14. The second-order valence-corrected chi connectivity index (χ2v) is 5.65. The molecule has 0 aliphatic carbocycles. The first-order chi connectivity index (χ1) is 9.32. The molecule has 0 N–H and O–H groups in total. The fraction of sp³-hybridized carbons (Fsp3) is 0.375. The third kappa shape index (κ3) is 2.50. The van der Waals surface area contributed by atoms with Crippen molar-refractivity contribution in [1.29, 1.82) is 0 Å². The molecule has 1 unspecified atom stereocenters. The summed E-state index contributed by atoms with van der Waals surface area (Å²) in [4.78, 5) is 12.6. The van der Waals surface area contributed by atoms with Crippen LogP contribution in [0.2, 0.25) is 5.02 Å². The van der Waals surface area contributed by atoms with E-state index in [0.717, 1.165) is 17.0 Å². The van der Waals surface area contributed by atoms with E-state index in [1.165, 1.54) is 5.56 Å². The average molecular weight is 291 g/mol. The number of rotatable bonds is 3. The summed E-state index contributed by atoms with van der Waals surface area (Å²) in [6.45, 7) is 9.63. The molecule has 0 saturated heterocycles. The van der Waals surface area contributed by atoms with Crippen molar-refractivity contribution in [3.8, 4) is 0 Å². The highest BCUT2D eigenvalue weighted by Crippen LogP contribution is 2.24. The Morgan fingerprint density at radius 2 is 1.85 bits per heavy atom. The number of aryl methyl sites for hydroxylation is 3. The van der Waals surface area contributed by atoms with Crippen molar-refractivity contribution in [3.63, 3.8) is 0 Å². The Hall–Kier alpha value is -1.61. The van der Waals surface area contributed by atoms with Gasteiger partial charge in [-0.2, -0.15) is 5.10 Å². The lowest BCUT2D eigenvalue weighted by Gasteiger charge is -2.14. The van der Waals surface area contributed by atoms with Gasteiger partial charge in [-0.1, -0.05) is 23.7 Å². The number of hydrogen-bond acceptors (Lipinski definition) is 2. The van der Waals surface area contributed by atoms with Gasteiger partial charge in [-0.25, -0.2) is 0 Å². The van der Waals surface area contributed by atoms with Gasteiger partial charge in [0.15, 0.2) is 5.78 Å². The highest BCUT2D eigenvalue weighted by Gasteiger charge is 2.21. The van der Waals surface area contributed by atoms with Crippen molar-refractivity contribution in [2.45, 2.75) is 40.7 Å². The minimum atomic E-state index is -0.358. The van der Waals surface area contributed by atoms with Crippen LogP contribution in [0.25, 0.3) is 0 Å². The van der Waals surface area contributed by atoms with Gasteiger partial charge in [-0.15, -0.1) is 0 Å². The van der Waals surface area contributed by atoms with E-state index in [9.17, 15) is 4.79 Å². The quantitative estimate of drug-likeness (QED) is 0.794. The van der Waals surface area contributed by atoms with Gasteiger partial charge >= 0.3 is 0 Å². The minimum Gasteiger partial charge on any atom is -0.292 e. The smallest absolute Gasteiger partial charge is 0.187 e. The lowest BCUT2D eigenvalue weighted by Crippen LogP contribution is -2.19. The van der Waals surface area contributed by atoms with Crippen LogP contribution in [0.4, 0.5) is 0 Å². The topological polar surface area (TPSA) is 34.9 Å². The van der Waals surface area contributed by atoms with E-state index in [1.54, 1.807) is 4.68 Å². The number of ketones is 1. The van der Waals surface area contributed by atoms with Gasteiger partial charge < -0.3 is 0 Å². The standard InChI is InChI=1S/C16H19ClN2O/c1-9-6-7-14(8-10(9)2)16(20)13(5)19-12(4)15(17)11(3)18-19/h6-8,13H,1-5H3. The number of nitrogens with zero attached hydrogens (tertiary/aromatic N) is 2. The molecule has 20 heavy (non-hydrogen) atoms. The van der Waals surface area contributed by atoms with Crippen molar-refractivity contribution in [1.82, 2.24) is 9.78 Å². The lowest BCUT2D eigenvalue weighted by atomic mass is 10.0. The zero-order chi connectivity index (χ0) is 15.0. The zero-order valence-electron chi connectivity index (χ0n) is 12.5. The fourth-order valence-electron chi connectivity index (χ4n) is 2.27. The molecule has 0 radical (unpaired) electrons. The van der Waals surface area contributed by atoms with Crippen LogP contribution in [0, 0.1) is 27.7 Å². The molecule has 0 aliphatic rings. The monoisotopic (exact) mass is 290 g/mol. The number of halogens is 1. The van der Waals surface area contributed by atoms with Crippen molar-refractivity contribution >= 4 is 17.4 Å². The molecule has 1 aromatic heterocycles. The maximum absolute atomic E-state index is 12.6. The molecule has 4 heteroatoms. The summed E-state index contributed by atoms with van der Waals surface area (Å²) in [6, 6.07) is 5.42. The summed E-state index contributed by atoms with van der Waals surface area (Å²) in [5, 5.41) is 4.99. The van der Waals surface area contributed by atoms with Crippen LogP contribution < -0.4 is 0 Å². The molecule has 2 aromatic rings. The first kappa shape index (κ1) is 14.8. The van der Waals surface area contributed by atoms with Crippen LogP contribution in [-0.2, 0) is 0 Å². The fourth-order valence-corrected chi connectivity index (χ4v) is 2.39. The molecule has 0 bridgehead atoms. The number of hydrogen-bond donors (Lipinski definition) is 0. The number of carbonyl (C=O) groups excluding carboxylic acids is 1. The molecular weight excluding hydrogens is 272 g/mol. The first-order valence-corrected chi connectivity index (χ1v) is 7.03. The van der Waals surface area contributed by atoms with Crippen LogP contribution in [-0.4, -0.2) is 15.6 Å². The Labute approximate surface area is 124 Å². The Balaban J connectivity index is 2.37. The van der Waals surface area contributed by atoms with Crippen molar-refractivity contribution in [3.05, 3.63) is 51.3 Å². The Morgan fingerprint density at radius 1 is 1.20 bits per heavy atom. The molecule has 1 heterocycles. The predicted molar refractivity (Wildman–Crippen MR) is 81.7 cm³/mol. The lowest BCUT2D eigenvalue weighted by molar-refractivity contribution is 0.0926. The van der Waals surface area contributed by atoms with Crippen LogP contribution in [0.15, 0.2) is 18.2 Å². The van der Waals surface area contributed by atoms with E-state index in [2.05, 4.69) is 5.10 Å². The maximum atomic E-state index is 12.6. The molecular formula is C16H19ClN2O. The van der Waals surface area contributed by atoms with Crippen LogP contribution in [0.5, 0.6) is 0 Å². The van der Waals surface area contributed by atoms with Crippen LogP contribution in [0.3, 0.4) is 0 Å². The van der Waals surface area contributed by atoms with Gasteiger partial charge in [0.05, 0.1) is 16.4 Å². The number of benzene rings is 1. The molecule has 0 saturated carbocycles. The second kappa shape index (κ2) is 5.41. The Morgan fingerprint density at radius 3 is 2.35 bits per heavy atom. The molecule has 2 rings (SSSR count).